The normalized spacial score (nSPS) is 18.4. The van der Waals surface area contributed by atoms with Gasteiger partial charge in [-0.15, -0.1) is 0 Å². The molecule has 0 saturated carbocycles. The summed E-state index contributed by atoms with van der Waals surface area (Å²) in [5.41, 5.74) is 0. The van der Waals surface area contributed by atoms with Gasteiger partial charge in [0.25, 0.3) is 5.91 Å². The Hall–Kier alpha value is -1.31. The molecule has 0 bridgehead atoms. The molecule has 136 valence electrons. The smallest absolute Gasteiger partial charge is 0.260 e. The molecule has 0 unspecified atom stereocenters. The van der Waals surface area contributed by atoms with Crippen LogP contribution in [0.3, 0.4) is 0 Å². The van der Waals surface area contributed by atoms with Crippen molar-refractivity contribution in [3.63, 3.8) is 0 Å². The van der Waals surface area contributed by atoms with E-state index in [9.17, 15) is 9.59 Å². The molecule has 0 atom stereocenters. The summed E-state index contributed by atoms with van der Waals surface area (Å²) in [4.78, 5) is 28.4. The van der Waals surface area contributed by atoms with Crippen LogP contribution < -0.4 is 4.74 Å². The van der Waals surface area contributed by atoms with Gasteiger partial charge in [0.1, 0.15) is 5.75 Å². The number of carbonyl (C=O) groups is 2. The van der Waals surface area contributed by atoms with E-state index in [1.165, 1.54) is 0 Å². The molecular formula is C19H25IN2O3. The van der Waals surface area contributed by atoms with E-state index in [1.54, 1.807) is 0 Å². The van der Waals surface area contributed by atoms with Crippen molar-refractivity contribution in [3.05, 3.63) is 27.8 Å². The molecular weight excluding hydrogens is 431 g/mol. The van der Waals surface area contributed by atoms with Crippen molar-refractivity contribution in [3.8, 4) is 5.75 Å². The van der Waals surface area contributed by atoms with Crippen LogP contribution >= 0.6 is 22.6 Å². The Morgan fingerprint density at radius 3 is 2.20 bits per heavy atom. The topological polar surface area (TPSA) is 49.9 Å². The van der Waals surface area contributed by atoms with Crippen LogP contribution in [-0.4, -0.2) is 54.4 Å². The molecule has 0 radical (unpaired) electrons. The van der Waals surface area contributed by atoms with Gasteiger partial charge < -0.3 is 14.5 Å². The number of likely N-dealkylation sites (tertiary alicyclic amines) is 2. The lowest BCUT2D eigenvalue weighted by molar-refractivity contribution is -0.135. The van der Waals surface area contributed by atoms with Gasteiger partial charge in [-0.2, -0.15) is 0 Å². The number of piperidine rings is 1. The second-order valence-electron chi connectivity index (χ2n) is 6.86. The first kappa shape index (κ1) is 18.5. The van der Waals surface area contributed by atoms with Crippen molar-refractivity contribution >= 4 is 34.4 Å². The fourth-order valence-electron chi connectivity index (χ4n) is 3.50. The van der Waals surface area contributed by atoms with E-state index in [0.29, 0.717) is 18.2 Å². The van der Waals surface area contributed by atoms with Crippen molar-refractivity contribution in [2.24, 2.45) is 5.92 Å². The van der Waals surface area contributed by atoms with Crippen molar-refractivity contribution in [2.45, 2.75) is 32.1 Å². The molecule has 2 aliphatic heterocycles. The average molecular weight is 456 g/mol. The molecule has 0 N–H and O–H groups in total. The Morgan fingerprint density at radius 1 is 0.960 bits per heavy atom. The van der Waals surface area contributed by atoms with Gasteiger partial charge in [-0.1, -0.05) is 0 Å². The molecule has 2 fully saturated rings. The first-order valence-electron chi connectivity index (χ1n) is 9.06. The highest BCUT2D eigenvalue weighted by molar-refractivity contribution is 14.1. The number of hydrogen-bond acceptors (Lipinski definition) is 3. The molecule has 1 aromatic carbocycles. The number of amides is 2. The molecule has 0 spiro atoms. The summed E-state index contributed by atoms with van der Waals surface area (Å²) in [6.45, 7) is 3.38. The first-order valence-corrected chi connectivity index (χ1v) is 10.1. The largest absolute Gasteiger partial charge is 0.484 e. The highest BCUT2D eigenvalue weighted by atomic mass is 127. The van der Waals surface area contributed by atoms with E-state index in [0.717, 1.165) is 61.2 Å². The van der Waals surface area contributed by atoms with E-state index in [-0.39, 0.29) is 12.5 Å². The van der Waals surface area contributed by atoms with Crippen LogP contribution in [0.15, 0.2) is 24.3 Å². The van der Waals surface area contributed by atoms with Crippen LogP contribution in [0.5, 0.6) is 5.75 Å². The summed E-state index contributed by atoms with van der Waals surface area (Å²) < 4.78 is 6.72. The zero-order valence-corrected chi connectivity index (χ0v) is 16.6. The maximum Gasteiger partial charge on any atom is 0.260 e. The quantitative estimate of drug-likeness (QED) is 0.641. The standard InChI is InChI=1S/C19H25IN2O3/c20-16-3-5-17(6-4-16)25-14-19(24)22-11-7-15(8-12-22)13-18(23)21-9-1-2-10-21/h3-6,15H,1-2,7-14H2. The van der Waals surface area contributed by atoms with Crippen LogP contribution in [0.4, 0.5) is 0 Å². The van der Waals surface area contributed by atoms with Gasteiger partial charge >= 0.3 is 0 Å². The predicted octanol–water partition coefficient (Wildman–Crippen LogP) is 2.92. The maximum absolute atomic E-state index is 12.3. The summed E-state index contributed by atoms with van der Waals surface area (Å²) in [5, 5.41) is 0. The van der Waals surface area contributed by atoms with Crippen molar-refractivity contribution in [1.29, 1.82) is 0 Å². The Kier molecular flexibility index (Phi) is 6.56. The average Bonchev–Trinajstić information content (AvgIpc) is 3.16. The summed E-state index contributed by atoms with van der Waals surface area (Å²) in [6, 6.07) is 7.68. The monoisotopic (exact) mass is 456 g/mol. The maximum atomic E-state index is 12.3. The highest BCUT2D eigenvalue weighted by Gasteiger charge is 2.27. The minimum Gasteiger partial charge on any atom is -0.484 e. The molecule has 3 rings (SSSR count). The van der Waals surface area contributed by atoms with Crippen LogP contribution in [0.1, 0.15) is 32.1 Å². The SMILES string of the molecule is O=C(COc1ccc(I)cc1)N1CCC(CC(=O)N2CCCC2)CC1. The molecule has 0 aliphatic carbocycles. The van der Waals surface area contributed by atoms with Crippen LogP contribution in [0, 0.1) is 9.49 Å². The van der Waals surface area contributed by atoms with Gasteiger partial charge in [0, 0.05) is 36.2 Å². The molecule has 2 amide bonds. The van der Waals surface area contributed by atoms with Crippen molar-refractivity contribution in [1.82, 2.24) is 9.80 Å². The van der Waals surface area contributed by atoms with Gasteiger partial charge in [-0.25, -0.2) is 0 Å². The van der Waals surface area contributed by atoms with Gasteiger partial charge in [0.15, 0.2) is 6.61 Å². The lowest BCUT2D eigenvalue weighted by atomic mass is 9.93. The minimum absolute atomic E-state index is 0.0304. The predicted molar refractivity (Wildman–Crippen MR) is 104 cm³/mol. The number of hydrogen-bond donors (Lipinski definition) is 0. The lowest BCUT2D eigenvalue weighted by Crippen LogP contribution is -2.42. The molecule has 1 aromatic rings. The third-order valence-electron chi connectivity index (χ3n) is 5.07. The zero-order chi connectivity index (χ0) is 17.6. The van der Waals surface area contributed by atoms with Gasteiger partial charge in [-0.05, 0) is 78.5 Å². The minimum atomic E-state index is 0.0304. The van der Waals surface area contributed by atoms with Crippen LogP contribution in [-0.2, 0) is 9.59 Å². The Morgan fingerprint density at radius 2 is 1.56 bits per heavy atom. The van der Waals surface area contributed by atoms with Crippen LogP contribution in [0.2, 0.25) is 0 Å². The number of carbonyl (C=O) groups excluding carboxylic acids is 2. The third-order valence-corrected chi connectivity index (χ3v) is 5.78. The summed E-state index contributed by atoms with van der Waals surface area (Å²) >= 11 is 2.24. The van der Waals surface area contributed by atoms with Gasteiger partial charge in [0.2, 0.25) is 5.91 Å². The number of benzene rings is 1. The van der Waals surface area contributed by atoms with E-state index in [4.69, 9.17) is 4.74 Å². The second kappa shape index (κ2) is 8.87. The molecule has 2 saturated heterocycles. The van der Waals surface area contributed by atoms with Gasteiger partial charge in [-0.3, -0.25) is 9.59 Å². The fraction of sp³-hybridized carbons (Fsp3) is 0.579. The fourth-order valence-corrected chi connectivity index (χ4v) is 3.86. The van der Waals surface area contributed by atoms with Crippen molar-refractivity contribution in [2.75, 3.05) is 32.8 Å². The molecule has 2 aliphatic rings. The Bertz CT molecular complexity index is 591. The molecule has 2 heterocycles. The summed E-state index contributed by atoms with van der Waals surface area (Å²) in [7, 11) is 0. The summed E-state index contributed by atoms with van der Waals surface area (Å²) in [5.74, 6) is 1.46. The van der Waals surface area contributed by atoms with Crippen molar-refractivity contribution < 1.29 is 14.3 Å². The lowest BCUT2D eigenvalue weighted by Gasteiger charge is -2.32. The summed E-state index contributed by atoms with van der Waals surface area (Å²) in [6.07, 6.45) is 4.74. The second-order valence-corrected chi connectivity index (χ2v) is 8.10. The molecule has 6 heteroatoms. The Labute approximate surface area is 162 Å². The van der Waals surface area contributed by atoms with E-state index in [2.05, 4.69) is 22.6 Å². The third kappa shape index (κ3) is 5.33. The highest BCUT2D eigenvalue weighted by Crippen LogP contribution is 2.23. The molecule has 0 aromatic heterocycles. The first-order chi connectivity index (χ1) is 12.1. The van der Waals surface area contributed by atoms with E-state index in [1.807, 2.05) is 34.1 Å². The number of nitrogens with zero attached hydrogens (tertiary/aromatic N) is 2. The van der Waals surface area contributed by atoms with E-state index < -0.39 is 0 Å². The number of halogens is 1. The number of rotatable bonds is 5. The zero-order valence-electron chi connectivity index (χ0n) is 14.5. The number of ether oxygens (including phenoxy) is 1. The van der Waals surface area contributed by atoms with Crippen LogP contribution in [0.25, 0.3) is 0 Å². The molecule has 5 nitrogen and oxygen atoms in total. The Balaban J connectivity index is 1.38. The van der Waals surface area contributed by atoms with Gasteiger partial charge in [0.05, 0.1) is 0 Å². The van der Waals surface area contributed by atoms with E-state index >= 15 is 0 Å². The molecule has 25 heavy (non-hydrogen) atoms.